The van der Waals surface area contributed by atoms with Crippen LogP contribution in [0.4, 0.5) is 0 Å². The third-order valence-electron chi connectivity index (χ3n) is 2.61. The van der Waals surface area contributed by atoms with Crippen LogP contribution < -0.4 is 5.32 Å². The number of nitrogens with zero attached hydrogens (tertiary/aromatic N) is 3. The molecule has 0 bridgehead atoms. The number of aryl methyl sites for hydroxylation is 1. The molecule has 0 radical (unpaired) electrons. The monoisotopic (exact) mass is 212 g/mol. The van der Waals surface area contributed by atoms with Crippen LogP contribution in [0.3, 0.4) is 0 Å². The zero-order chi connectivity index (χ0) is 10.7. The number of aliphatic hydroxyl groups excluding tert-OH is 1. The molecule has 2 heterocycles. The first kappa shape index (κ1) is 10.5. The minimum Gasteiger partial charge on any atom is -0.389 e. The molecule has 1 aromatic heterocycles. The summed E-state index contributed by atoms with van der Waals surface area (Å²) in [4.78, 5) is 0. The number of hydrogen-bond acceptors (Lipinski definition) is 5. The molecule has 0 saturated carbocycles. The largest absolute Gasteiger partial charge is 0.389 e. The topological polar surface area (TPSA) is 72.2 Å². The standard InChI is InChI=1S/C9H16N4O2/c1-13-6-11-12-9(13)2-3-10-7-4-15-5-8(7)14/h6-8,10,14H,2-5H2,1H3. The van der Waals surface area contributed by atoms with Crippen LogP contribution in [0, 0.1) is 0 Å². The van der Waals surface area contributed by atoms with Crippen LogP contribution in [-0.2, 0) is 18.2 Å². The van der Waals surface area contributed by atoms with E-state index in [0.29, 0.717) is 13.2 Å². The van der Waals surface area contributed by atoms with Gasteiger partial charge < -0.3 is 19.7 Å². The van der Waals surface area contributed by atoms with Crippen molar-refractivity contribution in [2.75, 3.05) is 19.8 Å². The highest BCUT2D eigenvalue weighted by atomic mass is 16.5. The predicted molar refractivity (Wildman–Crippen MR) is 53.3 cm³/mol. The van der Waals surface area contributed by atoms with Gasteiger partial charge in [0.1, 0.15) is 12.2 Å². The first-order chi connectivity index (χ1) is 7.27. The molecule has 6 heteroatoms. The Labute approximate surface area is 88.3 Å². The van der Waals surface area contributed by atoms with Gasteiger partial charge in [0.15, 0.2) is 0 Å². The second kappa shape index (κ2) is 4.69. The first-order valence-corrected chi connectivity index (χ1v) is 5.09. The van der Waals surface area contributed by atoms with E-state index in [4.69, 9.17) is 4.74 Å². The summed E-state index contributed by atoms with van der Waals surface area (Å²) in [5, 5.41) is 20.5. The third-order valence-corrected chi connectivity index (χ3v) is 2.61. The second-order valence-corrected chi connectivity index (χ2v) is 3.77. The van der Waals surface area contributed by atoms with E-state index in [1.807, 2.05) is 11.6 Å². The van der Waals surface area contributed by atoms with Crippen molar-refractivity contribution in [3.8, 4) is 0 Å². The summed E-state index contributed by atoms with van der Waals surface area (Å²) >= 11 is 0. The van der Waals surface area contributed by atoms with Crippen LogP contribution in [0.5, 0.6) is 0 Å². The molecule has 2 atom stereocenters. The summed E-state index contributed by atoms with van der Waals surface area (Å²) < 4.78 is 7.03. The highest BCUT2D eigenvalue weighted by Crippen LogP contribution is 2.04. The molecular weight excluding hydrogens is 196 g/mol. The number of hydrogen-bond donors (Lipinski definition) is 2. The van der Waals surface area contributed by atoms with Gasteiger partial charge in [0.05, 0.1) is 25.4 Å². The van der Waals surface area contributed by atoms with Gasteiger partial charge in [-0.3, -0.25) is 0 Å². The maximum Gasteiger partial charge on any atom is 0.133 e. The van der Waals surface area contributed by atoms with Gasteiger partial charge in [-0.05, 0) is 0 Å². The van der Waals surface area contributed by atoms with Crippen molar-refractivity contribution in [1.29, 1.82) is 0 Å². The molecule has 1 saturated heterocycles. The maximum absolute atomic E-state index is 9.48. The summed E-state index contributed by atoms with van der Waals surface area (Å²) in [6, 6.07) is 0.0539. The van der Waals surface area contributed by atoms with E-state index >= 15 is 0 Å². The summed E-state index contributed by atoms with van der Waals surface area (Å²) in [6.07, 6.45) is 2.10. The van der Waals surface area contributed by atoms with Crippen molar-refractivity contribution >= 4 is 0 Å². The quantitative estimate of drug-likeness (QED) is 0.649. The molecule has 0 aliphatic carbocycles. The Bertz CT molecular complexity index is 315. The number of aliphatic hydroxyl groups is 1. The van der Waals surface area contributed by atoms with Crippen LogP contribution >= 0.6 is 0 Å². The van der Waals surface area contributed by atoms with Gasteiger partial charge >= 0.3 is 0 Å². The molecule has 1 aromatic rings. The lowest BCUT2D eigenvalue weighted by atomic mass is 10.2. The molecular formula is C9H16N4O2. The minimum absolute atomic E-state index is 0.0539. The number of aromatic nitrogens is 3. The molecule has 2 rings (SSSR count). The lowest BCUT2D eigenvalue weighted by Gasteiger charge is -2.13. The fourth-order valence-electron chi connectivity index (χ4n) is 1.64. The third kappa shape index (κ3) is 2.53. The number of ether oxygens (including phenoxy) is 1. The average molecular weight is 212 g/mol. The van der Waals surface area contributed by atoms with Crippen LogP contribution in [0.1, 0.15) is 5.82 Å². The van der Waals surface area contributed by atoms with Gasteiger partial charge in [-0.15, -0.1) is 10.2 Å². The van der Waals surface area contributed by atoms with Crippen LogP contribution in [0.15, 0.2) is 6.33 Å². The molecule has 15 heavy (non-hydrogen) atoms. The number of rotatable bonds is 4. The van der Waals surface area contributed by atoms with Crippen molar-refractivity contribution in [2.24, 2.45) is 7.05 Å². The summed E-state index contributed by atoms with van der Waals surface area (Å²) in [5.41, 5.74) is 0. The van der Waals surface area contributed by atoms with Gasteiger partial charge in [-0.1, -0.05) is 0 Å². The molecule has 2 N–H and O–H groups in total. The Morgan fingerprint density at radius 2 is 2.53 bits per heavy atom. The summed E-state index contributed by atoms with van der Waals surface area (Å²) in [5.74, 6) is 0.941. The first-order valence-electron chi connectivity index (χ1n) is 5.09. The highest BCUT2D eigenvalue weighted by Gasteiger charge is 2.25. The number of nitrogens with one attached hydrogen (secondary N) is 1. The zero-order valence-corrected chi connectivity index (χ0v) is 8.76. The Morgan fingerprint density at radius 3 is 3.13 bits per heavy atom. The SMILES string of the molecule is Cn1cnnc1CCNC1COCC1O. The molecule has 6 nitrogen and oxygen atoms in total. The van der Waals surface area contributed by atoms with Gasteiger partial charge in [-0.2, -0.15) is 0 Å². The van der Waals surface area contributed by atoms with Gasteiger partial charge in [-0.25, -0.2) is 0 Å². The van der Waals surface area contributed by atoms with E-state index in [-0.39, 0.29) is 12.1 Å². The van der Waals surface area contributed by atoms with Crippen LogP contribution in [-0.4, -0.2) is 51.8 Å². The smallest absolute Gasteiger partial charge is 0.133 e. The van der Waals surface area contributed by atoms with Crippen molar-refractivity contribution in [1.82, 2.24) is 20.1 Å². The fourth-order valence-corrected chi connectivity index (χ4v) is 1.64. The van der Waals surface area contributed by atoms with Crippen LogP contribution in [0.2, 0.25) is 0 Å². The summed E-state index contributed by atoms with van der Waals surface area (Å²) in [6.45, 7) is 1.79. The molecule has 1 aliphatic heterocycles. The molecule has 2 unspecified atom stereocenters. The van der Waals surface area contributed by atoms with E-state index in [1.54, 1.807) is 6.33 Å². The average Bonchev–Trinajstić information content (AvgIpc) is 2.78. The zero-order valence-electron chi connectivity index (χ0n) is 8.76. The molecule has 1 aliphatic rings. The Hall–Kier alpha value is -0.980. The van der Waals surface area contributed by atoms with Crippen LogP contribution in [0.25, 0.3) is 0 Å². The molecule has 0 amide bonds. The predicted octanol–water partition coefficient (Wildman–Crippen LogP) is -1.29. The van der Waals surface area contributed by atoms with Crippen molar-refractivity contribution in [3.63, 3.8) is 0 Å². The van der Waals surface area contributed by atoms with Crippen molar-refractivity contribution < 1.29 is 9.84 Å². The minimum atomic E-state index is -0.385. The van der Waals surface area contributed by atoms with Gasteiger partial charge in [0.25, 0.3) is 0 Å². The van der Waals surface area contributed by atoms with Crippen molar-refractivity contribution in [3.05, 3.63) is 12.2 Å². The van der Waals surface area contributed by atoms with E-state index < -0.39 is 0 Å². The Balaban J connectivity index is 1.73. The molecule has 1 fully saturated rings. The fraction of sp³-hybridized carbons (Fsp3) is 0.778. The summed E-state index contributed by atoms with van der Waals surface area (Å²) in [7, 11) is 1.92. The second-order valence-electron chi connectivity index (χ2n) is 3.77. The Kier molecular flexibility index (Phi) is 3.30. The lowest BCUT2D eigenvalue weighted by Crippen LogP contribution is -2.39. The van der Waals surface area contributed by atoms with E-state index in [1.165, 1.54) is 0 Å². The van der Waals surface area contributed by atoms with Gasteiger partial charge in [0, 0.05) is 20.0 Å². The van der Waals surface area contributed by atoms with E-state index in [0.717, 1.165) is 18.8 Å². The van der Waals surface area contributed by atoms with E-state index in [9.17, 15) is 5.11 Å². The highest BCUT2D eigenvalue weighted by molar-refractivity contribution is 4.87. The van der Waals surface area contributed by atoms with Gasteiger partial charge in [0.2, 0.25) is 0 Å². The molecule has 84 valence electrons. The molecule has 0 spiro atoms. The molecule has 0 aromatic carbocycles. The maximum atomic E-state index is 9.48. The Morgan fingerprint density at radius 1 is 1.67 bits per heavy atom. The van der Waals surface area contributed by atoms with E-state index in [2.05, 4.69) is 15.5 Å². The van der Waals surface area contributed by atoms with Crippen molar-refractivity contribution in [2.45, 2.75) is 18.6 Å². The lowest BCUT2D eigenvalue weighted by molar-refractivity contribution is 0.122. The normalized spacial score (nSPS) is 26.0.